The van der Waals surface area contributed by atoms with Gasteiger partial charge in [-0.25, -0.2) is 0 Å². The fourth-order valence-electron chi connectivity index (χ4n) is 4.87. The molecule has 2 aliphatic heterocycles. The topological polar surface area (TPSA) is 15.3 Å². The zero-order valence-corrected chi connectivity index (χ0v) is 11.6. The molecule has 0 amide bonds. The number of nitrogens with one attached hydrogen (secondary N) is 1. The predicted octanol–water partition coefficient (Wildman–Crippen LogP) is 2.64. The maximum Gasteiger partial charge on any atom is 0.0235 e. The maximum atomic E-state index is 3.77. The molecule has 2 unspecified atom stereocenters. The summed E-state index contributed by atoms with van der Waals surface area (Å²) in [5, 5.41) is 3.77. The highest BCUT2D eigenvalue weighted by Gasteiger charge is 2.44. The summed E-state index contributed by atoms with van der Waals surface area (Å²) >= 11 is 0. The van der Waals surface area contributed by atoms with Gasteiger partial charge in [-0.2, -0.15) is 0 Å². The summed E-state index contributed by atoms with van der Waals surface area (Å²) in [5.41, 5.74) is 0. The summed E-state index contributed by atoms with van der Waals surface area (Å²) in [6, 6.07) is 1.81. The van der Waals surface area contributed by atoms with Crippen LogP contribution in [-0.2, 0) is 0 Å². The highest BCUT2D eigenvalue weighted by molar-refractivity contribution is 5.00. The molecule has 0 aromatic carbocycles. The number of rotatable bonds is 3. The van der Waals surface area contributed by atoms with Crippen molar-refractivity contribution in [1.82, 2.24) is 10.2 Å². The SMILES string of the molecule is C1CNC2CN(C(C3CCC3)C3CCC3)CC2C1. The molecule has 2 saturated carbocycles. The Kier molecular flexibility index (Phi) is 3.12. The van der Waals surface area contributed by atoms with Gasteiger partial charge in [0.25, 0.3) is 0 Å². The molecule has 2 aliphatic carbocycles. The summed E-state index contributed by atoms with van der Waals surface area (Å²) in [4.78, 5) is 2.92. The Morgan fingerprint density at radius 2 is 1.56 bits per heavy atom. The number of hydrogen-bond acceptors (Lipinski definition) is 2. The fraction of sp³-hybridized carbons (Fsp3) is 1.00. The van der Waals surface area contributed by atoms with Crippen LogP contribution < -0.4 is 5.32 Å². The Labute approximate surface area is 111 Å². The molecule has 2 heteroatoms. The third-order valence-corrected chi connectivity index (χ3v) is 6.31. The third-order valence-electron chi connectivity index (χ3n) is 6.31. The van der Waals surface area contributed by atoms with Crippen LogP contribution in [0.4, 0.5) is 0 Å². The molecule has 2 saturated heterocycles. The van der Waals surface area contributed by atoms with E-state index in [2.05, 4.69) is 10.2 Å². The van der Waals surface area contributed by atoms with Gasteiger partial charge in [-0.3, -0.25) is 4.90 Å². The van der Waals surface area contributed by atoms with Crippen LogP contribution in [0.2, 0.25) is 0 Å². The fourth-order valence-corrected chi connectivity index (χ4v) is 4.87. The molecule has 4 fully saturated rings. The Balaban J connectivity index is 1.46. The van der Waals surface area contributed by atoms with Gasteiger partial charge in [-0.05, 0) is 62.8 Å². The standard InChI is InChI=1S/C16H28N2/c1-4-12(5-1)16(13-6-2-7-13)18-10-14-8-3-9-17-15(14)11-18/h12-17H,1-11H2. The van der Waals surface area contributed by atoms with Gasteiger partial charge in [0, 0.05) is 25.2 Å². The number of likely N-dealkylation sites (tertiary alicyclic amines) is 1. The highest BCUT2D eigenvalue weighted by Crippen LogP contribution is 2.44. The predicted molar refractivity (Wildman–Crippen MR) is 74.6 cm³/mol. The van der Waals surface area contributed by atoms with Crippen molar-refractivity contribution >= 4 is 0 Å². The highest BCUT2D eigenvalue weighted by atomic mass is 15.2. The van der Waals surface area contributed by atoms with Gasteiger partial charge >= 0.3 is 0 Å². The number of fused-ring (bicyclic) bond motifs is 1. The maximum absolute atomic E-state index is 3.77. The second-order valence-electron chi connectivity index (χ2n) is 7.29. The van der Waals surface area contributed by atoms with E-state index in [4.69, 9.17) is 0 Å². The quantitative estimate of drug-likeness (QED) is 0.826. The van der Waals surface area contributed by atoms with Crippen LogP contribution in [0.1, 0.15) is 51.4 Å². The van der Waals surface area contributed by atoms with E-state index in [1.165, 1.54) is 71.0 Å². The van der Waals surface area contributed by atoms with Crippen LogP contribution in [0, 0.1) is 17.8 Å². The average Bonchev–Trinajstić information content (AvgIpc) is 2.66. The molecule has 2 nitrogen and oxygen atoms in total. The van der Waals surface area contributed by atoms with E-state index in [0.29, 0.717) is 0 Å². The van der Waals surface area contributed by atoms with E-state index >= 15 is 0 Å². The molecule has 0 aromatic heterocycles. The Morgan fingerprint density at radius 1 is 0.833 bits per heavy atom. The van der Waals surface area contributed by atoms with Crippen molar-refractivity contribution in [3.8, 4) is 0 Å². The van der Waals surface area contributed by atoms with Gasteiger partial charge in [-0.1, -0.05) is 12.8 Å². The van der Waals surface area contributed by atoms with Gasteiger partial charge in [-0.15, -0.1) is 0 Å². The lowest BCUT2D eigenvalue weighted by Crippen LogP contribution is -2.49. The first kappa shape index (κ1) is 11.7. The van der Waals surface area contributed by atoms with Gasteiger partial charge in [0.2, 0.25) is 0 Å². The Bertz CT molecular complexity index is 267. The van der Waals surface area contributed by atoms with E-state index in [1.54, 1.807) is 0 Å². The van der Waals surface area contributed by atoms with Crippen molar-refractivity contribution < 1.29 is 0 Å². The number of nitrogens with zero attached hydrogens (tertiary/aromatic N) is 1. The van der Waals surface area contributed by atoms with Gasteiger partial charge < -0.3 is 5.32 Å². The van der Waals surface area contributed by atoms with Gasteiger partial charge in [0.1, 0.15) is 0 Å². The molecule has 0 spiro atoms. The Morgan fingerprint density at radius 3 is 2.11 bits per heavy atom. The lowest BCUT2D eigenvalue weighted by molar-refractivity contribution is 0.0331. The second kappa shape index (κ2) is 4.79. The minimum atomic E-state index is 0.835. The average molecular weight is 248 g/mol. The zero-order valence-electron chi connectivity index (χ0n) is 11.6. The molecular formula is C16H28N2. The largest absolute Gasteiger partial charge is 0.312 e. The molecule has 2 heterocycles. The molecule has 0 bridgehead atoms. The molecular weight excluding hydrogens is 220 g/mol. The molecule has 1 N–H and O–H groups in total. The van der Waals surface area contributed by atoms with E-state index in [-0.39, 0.29) is 0 Å². The first-order chi connectivity index (χ1) is 8.92. The summed E-state index contributed by atoms with van der Waals surface area (Å²) in [6.45, 7) is 4.05. The van der Waals surface area contributed by atoms with E-state index in [9.17, 15) is 0 Å². The van der Waals surface area contributed by atoms with Crippen LogP contribution in [0.5, 0.6) is 0 Å². The van der Waals surface area contributed by atoms with E-state index in [1.807, 2.05) is 0 Å². The van der Waals surface area contributed by atoms with Crippen LogP contribution in [0.3, 0.4) is 0 Å². The van der Waals surface area contributed by atoms with Crippen LogP contribution in [-0.4, -0.2) is 36.6 Å². The first-order valence-electron chi connectivity index (χ1n) is 8.39. The lowest BCUT2D eigenvalue weighted by Gasteiger charge is -2.47. The summed E-state index contributed by atoms with van der Waals surface area (Å²) in [6.07, 6.45) is 12.0. The lowest BCUT2D eigenvalue weighted by atomic mass is 9.68. The number of piperidine rings is 1. The van der Waals surface area contributed by atoms with Crippen molar-refractivity contribution in [3.05, 3.63) is 0 Å². The van der Waals surface area contributed by atoms with Crippen molar-refractivity contribution in [3.63, 3.8) is 0 Å². The molecule has 2 atom stereocenters. The van der Waals surface area contributed by atoms with Gasteiger partial charge in [0.15, 0.2) is 0 Å². The zero-order chi connectivity index (χ0) is 11.9. The van der Waals surface area contributed by atoms with Gasteiger partial charge in [0.05, 0.1) is 0 Å². The summed E-state index contributed by atoms with van der Waals surface area (Å²) in [5.74, 6) is 3.10. The molecule has 0 aromatic rings. The monoisotopic (exact) mass is 248 g/mol. The smallest absolute Gasteiger partial charge is 0.0235 e. The Hall–Kier alpha value is -0.0800. The molecule has 4 aliphatic rings. The van der Waals surface area contributed by atoms with Crippen molar-refractivity contribution in [1.29, 1.82) is 0 Å². The van der Waals surface area contributed by atoms with Crippen LogP contribution in [0.15, 0.2) is 0 Å². The second-order valence-corrected chi connectivity index (χ2v) is 7.29. The molecule has 4 rings (SSSR count). The molecule has 18 heavy (non-hydrogen) atoms. The summed E-state index contributed by atoms with van der Waals surface area (Å²) in [7, 11) is 0. The normalized spacial score (nSPS) is 38.5. The third kappa shape index (κ3) is 1.92. The van der Waals surface area contributed by atoms with Crippen molar-refractivity contribution in [2.75, 3.05) is 19.6 Å². The van der Waals surface area contributed by atoms with Crippen LogP contribution >= 0.6 is 0 Å². The van der Waals surface area contributed by atoms with Crippen LogP contribution in [0.25, 0.3) is 0 Å². The van der Waals surface area contributed by atoms with Crippen molar-refractivity contribution in [2.24, 2.45) is 17.8 Å². The number of hydrogen-bond donors (Lipinski definition) is 1. The first-order valence-corrected chi connectivity index (χ1v) is 8.39. The van der Waals surface area contributed by atoms with Crippen molar-refractivity contribution in [2.45, 2.75) is 63.5 Å². The molecule has 0 radical (unpaired) electrons. The minimum absolute atomic E-state index is 0.835. The summed E-state index contributed by atoms with van der Waals surface area (Å²) < 4.78 is 0. The van der Waals surface area contributed by atoms with E-state index in [0.717, 1.165) is 29.8 Å². The minimum Gasteiger partial charge on any atom is -0.312 e. The van der Waals surface area contributed by atoms with E-state index < -0.39 is 0 Å². The molecule has 102 valence electrons.